The van der Waals surface area contributed by atoms with Crippen molar-refractivity contribution in [3.8, 4) is 0 Å². The monoisotopic (exact) mass is 212 g/mol. The first kappa shape index (κ1) is 11.2. The minimum absolute atomic E-state index is 0.0183. The van der Waals surface area contributed by atoms with Gasteiger partial charge in [0.15, 0.2) is 0 Å². The summed E-state index contributed by atoms with van der Waals surface area (Å²) in [5.41, 5.74) is 0. The molecule has 0 atom stereocenters. The fraction of sp³-hybridized carbons (Fsp3) is 0.500. The third kappa shape index (κ3) is 2.52. The Labute approximate surface area is 86.6 Å². The Balaban J connectivity index is 2.82. The van der Waals surface area contributed by atoms with Gasteiger partial charge in [-0.15, -0.1) is 10.2 Å². The summed E-state index contributed by atoms with van der Waals surface area (Å²) in [6.45, 7) is 0.0183. The summed E-state index contributed by atoms with van der Waals surface area (Å²) >= 11 is 0. The number of nitrogens with zero attached hydrogens (tertiary/aromatic N) is 4. The molecule has 0 saturated heterocycles. The molecule has 1 heterocycles. The molecule has 82 valence electrons. The van der Waals surface area contributed by atoms with Crippen LogP contribution in [0.1, 0.15) is 10.6 Å². The third-order valence-electron chi connectivity index (χ3n) is 1.79. The van der Waals surface area contributed by atoms with Crippen molar-refractivity contribution in [1.29, 1.82) is 0 Å². The van der Waals surface area contributed by atoms with Crippen molar-refractivity contribution < 1.29 is 14.3 Å². The van der Waals surface area contributed by atoms with Crippen LogP contribution >= 0.6 is 0 Å². The van der Waals surface area contributed by atoms with Gasteiger partial charge in [-0.05, 0) is 0 Å². The second-order valence-corrected chi connectivity index (χ2v) is 3.06. The Hall–Kier alpha value is -1.92. The average molecular weight is 212 g/mol. The lowest BCUT2D eigenvalue weighted by atomic mass is 10.5. The number of carbonyl (C=O) groups is 2. The van der Waals surface area contributed by atoms with E-state index in [2.05, 4.69) is 14.9 Å². The molecule has 1 amide bonds. The number of likely N-dealkylation sites (N-methyl/N-ethyl adjacent to an activating group) is 1. The number of esters is 1. The van der Waals surface area contributed by atoms with E-state index in [1.807, 2.05) is 0 Å². The number of hydrogen-bond acceptors (Lipinski definition) is 5. The first-order valence-electron chi connectivity index (χ1n) is 4.22. The predicted molar refractivity (Wildman–Crippen MR) is 50.1 cm³/mol. The molecule has 0 aliphatic heterocycles. The number of methoxy groups -OCH3 is 1. The molecule has 0 radical (unpaired) electrons. The molecule has 7 nitrogen and oxygen atoms in total. The first-order valence-corrected chi connectivity index (χ1v) is 4.22. The Morgan fingerprint density at radius 3 is 2.73 bits per heavy atom. The zero-order valence-corrected chi connectivity index (χ0v) is 8.80. The van der Waals surface area contributed by atoms with E-state index in [0.717, 1.165) is 0 Å². The number of amides is 1. The first-order chi connectivity index (χ1) is 7.06. The predicted octanol–water partition coefficient (Wildman–Crippen LogP) is -0.847. The van der Waals surface area contributed by atoms with Crippen molar-refractivity contribution in [2.75, 3.05) is 21.2 Å². The summed E-state index contributed by atoms with van der Waals surface area (Å²) in [4.78, 5) is 24.0. The topological polar surface area (TPSA) is 77.3 Å². The summed E-state index contributed by atoms with van der Waals surface area (Å²) in [6, 6.07) is 0. The van der Waals surface area contributed by atoms with Crippen LogP contribution in [-0.2, 0) is 16.1 Å². The lowest BCUT2D eigenvalue weighted by Gasteiger charge is -2.10. The van der Waals surface area contributed by atoms with Gasteiger partial charge in [-0.2, -0.15) is 0 Å². The molecule has 0 bridgehead atoms. The van der Waals surface area contributed by atoms with Crippen LogP contribution in [-0.4, -0.2) is 52.7 Å². The van der Waals surface area contributed by atoms with Gasteiger partial charge >= 0.3 is 5.97 Å². The van der Waals surface area contributed by atoms with Gasteiger partial charge in [0.2, 0.25) is 11.7 Å². The average Bonchev–Trinajstić information content (AvgIpc) is 2.64. The van der Waals surface area contributed by atoms with E-state index in [1.165, 1.54) is 22.9 Å². The van der Waals surface area contributed by atoms with Gasteiger partial charge in [-0.25, -0.2) is 4.79 Å². The highest BCUT2D eigenvalue weighted by molar-refractivity contribution is 5.86. The van der Waals surface area contributed by atoms with Gasteiger partial charge in [0, 0.05) is 14.1 Å². The van der Waals surface area contributed by atoms with E-state index < -0.39 is 5.97 Å². The van der Waals surface area contributed by atoms with Crippen LogP contribution in [0.4, 0.5) is 0 Å². The SMILES string of the molecule is COC(=O)c1nncn1CC(=O)N(C)C. The lowest BCUT2D eigenvalue weighted by molar-refractivity contribution is -0.129. The van der Waals surface area contributed by atoms with Crippen LogP contribution in [0.3, 0.4) is 0 Å². The Morgan fingerprint density at radius 2 is 2.20 bits per heavy atom. The van der Waals surface area contributed by atoms with Crippen LogP contribution in [0, 0.1) is 0 Å². The van der Waals surface area contributed by atoms with E-state index in [9.17, 15) is 9.59 Å². The smallest absolute Gasteiger partial charge is 0.376 e. The molecular formula is C8H12N4O3. The maximum Gasteiger partial charge on any atom is 0.376 e. The zero-order valence-electron chi connectivity index (χ0n) is 8.80. The minimum Gasteiger partial charge on any atom is -0.463 e. The van der Waals surface area contributed by atoms with E-state index in [-0.39, 0.29) is 18.3 Å². The number of hydrogen-bond donors (Lipinski definition) is 0. The van der Waals surface area contributed by atoms with Crippen LogP contribution in [0.15, 0.2) is 6.33 Å². The van der Waals surface area contributed by atoms with Gasteiger partial charge in [0.1, 0.15) is 12.9 Å². The second-order valence-electron chi connectivity index (χ2n) is 3.06. The molecule has 0 saturated carbocycles. The molecule has 1 aromatic heterocycles. The van der Waals surface area contributed by atoms with E-state index in [0.29, 0.717) is 0 Å². The summed E-state index contributed by atoms with van der Waals surface area (Å²) < 4.78 is 5.83. The van der Waals surface area contributed by atoms with Crippen molar-refractivity contribution in [2.24, 2.45) is 0 Å². The van der Waals surface area contributed by atoms with Crippen LogP contribution in [0.25, 0.3) is 0 Å². The van der Waals surface area contributed by atoms with Crippen molar-refractivity contribution in [2.45, 2.75) is 6.54 Å². The normalized spacial score (nSPS) is 9.80. The molecular weight excluding hydrogens is 200 g/mol. The van der Waals surface area contributed by atoms with Gasteiger partial charge in [-0.1, -0.05) is 0 Å². The van der Waals surface area contributed by atoms with Gasteiger partial charge < -0.3 is 9.64 Å². The molecule has 0 N–H and O–H groups in total. The second kappa shape index (κ2) is 4.54. The Kier molecular flexibility index (Phi) is 3.37. The van der Waals surface area contributed by atoms with Gasteiger partial charge in [0.25, 0.3) is 0 Å². The minimum atomic E-state index is -0.612. The van der Waals surface area contributed by atoms with Crippen LogP contribution in [0.2, 0.25) is 0 Å². The number of ether oxygens (including phenoxy) is 1. The highest BCUT2D eigenvalue weighted by Crippen LogP contribution is 1.98. The summed E-state index contributed by atoms with van der Waals surface area (Å²) in [7, 11) is 4.50. The Bertz CT molecular complexity index is 372. The summed E-state index contributed by atoms with van der Waals surface area (Å²) in [5.74, 6) is -0.744. The van der Waals surface area contributed by atoms with E-state index in [1.54, 1.807) is 14.1 Å². The van der Waals surface area contributed by atoms with Crippen molar-refractivity contribution >= 4 is 11.9 Å². The maximum absolute atomic E-state index is 11.4. The quantitative estimate of drug-likeness (QED) is 0.610. The van der Waals surface area contributed by atoms with E-state index in [4.69, 9.17) is 0 Å². The third-order valence-corrected chi connectivity index (χ3v) is 1.79. The summed E-state index contributed by atoms with van der Waals surface area (Å²) in [6.07, 6.45) is 1.31. The van der Waals surface area contributed by atoms with E-state index >= 15 is 0 Å². The number of carbonyl (C=O) groups excluding carboxylic acids is 2. The van der Waals surface area contributed by atoms with Crippen molar-refractivity contribution in [1.82, 2.24) is 19.7 Å². The Morgan fingerprint density at radius 1 is 1.53 bits per heavy atom. The van der Waals surface area contributed by atoms with Gasteiger partial charge in [-0.3, -0.25) is 9.36 Å². The molecule has 1 aromatic rings. The molecule has 0 aliphatic carbocycles. The van der Waals surface area contributed by atoms with Crippen molar-refractivity contribution in [3.63, 3.8) is 0 Å². The molecule has 0 spiro atoms. The lowest BCUT2D eigenvalue weighted by Crippen LogP contribution is -2.27. The number of aromatic nitrogens is 3. The molecule has 0 fully saturated rings. The number of rotatable bonds is 3. The van der Waals surface area contributed by atoms with Crippen LogP contribution < -0.4 is 0 Å². The molecule has 0 aromatic carbocycles. The van der Waals surface area contributed by atoms with Gasteiger partial charge in [0.05, 0.1) is 7.11 Å². The summed E-state index contributed by atoms with van der Waals surface area (Å²) in [5, 5.41) is 7.11. The molecule has 15 heavy (non-hydrogen) atoms. The molecule has 1 rings (SSSR count). The zero-order chi connectivity index (χ0) is 11.4. The van der Waals surface area contributed by atoms with Crippen molar-refractivity contribution in [3.05, 3.63) is 12.2 Å². The maximum atomic E-state index is 11.4. The highest BCUT2D eigenvalue weighted by Gasteiger charge is 2.16. The fourth-order valence-electron chi connectivity index (χ4n) is 0.907. The molecule has 0 unspecified atom stereocenters. The fourth-order valence-corrected chi connectivity index (χ4v) is 0.907. The highest BCUT2D eigenvalue weighted by atomic mass is 16.5. The van der Waals surface area contributed by atoms with Crippen LogP contribution in [0.5, 0.6) is 0 Å². The largest absolute Gasteiger partial charge is 0.463 e. The molecule has 0 aliphatic rings. The standard InChI is InChI=1S/C8H12N4O3/c1-11(2)6(13)4-12-5-9-10-7(12)8(14)15-3/h5H,4H2,1-3H3. The molecule has 7 heteroatoms.